The van der Waals surface area contributed by atoms with Gasteiger partial charge in [-0.3, -0.25) is 37.3 Å². The second-order valence-corrected chi connectivity index (χ2v) is 34.4. The zero-order valence-corrected chi connectivity index (χ0v) is 70.3. The number of aliphatic hydroxyl groups excluding tert-OH is 1. The maximum absolute atomic E-state index is 13.1. The number of phosphoric acid groups is 2. The Bertz CT molecular complexity index is 2010. The molecule has 0 aliphatic carbocycles. The molecule has 17 nitrogen and oxygen atoms in total. The molecule has 3 N–H and O–H groups in total. The average molecular weight is 1520 g/mol. The van der Waals surface area contributed by atoms with Gasteiger partial charge in [-0.05, 0) is 43.4 Å². The molecule has 0 fully saturated rings. The van der Waals surface area contributed by atoms with Gasteiger partial charge >= 0.3 is 39.5 Å². The summed E-state index contributed by atoms with van der Waals surface area (Å²) in [5, 5.41) is 10.7. The predicted molar refractivity (Wildman–Crippen MR) is 428 cm³/mol. The largest absolute Gasteiger partial charge is 0.472 e. The van der Waals surface area contributed by atoms with Gasteiger partial charge in [-0.15, -0.1) is 0 Å². The Hall–Kier alpha value is -1.94. The van der Waals surface area contributed by atoms with Crippen LogP contribution in [-0.2, 0) is 65.4 Å². The van der Waals surface area contributed by atoms with Crippen molar-refractivity contribution < 1.29 is 80.2 Å². The van der Waals surface area contributed by atoms with E-state index in [1.165, 1.54) is 250 Å². The van der Waals surface area contributed by atoms with Gasteiger partial charge in [0, 0.05) is 25.7 Å². The summed E-state index contributed by atoms with van der Waals surface area (Å²) in [5.41, 5.74) is 0. The smallest absolute Gasteiger partial charge is 0.462 e. The van der Waals surface area contributed by atoms with Crippen molar-refractivity contribution in [3.8, 4) is 0 Å². The van der Waals surface area contributed by atoms with Gasteiger partial charge in [-0.2, -0.15) is 0 Å². The van der Waals surface area contributed by atoms with Crippen molar-refractivity contribution in [1.82, 2.24) is 0 Å². The van der Waals surface area contributed by atoms with Gasteiger partial charge in [-0.25, -0.2) is 9.13 Å². The van der Waals surface area contributed by atoms with E-state index in [1.54, 1.807) is 0 Å². The normalized spacial score (nSPS) is 14.4. The minimum atomic E-state index is -4.97. The summed E-state index contributed by atoms with van der Waals surface area (Å²) in [5.74, 6) is 0.244. The molecule has 0 radical (unpaired) electrons. The Balaban J connectivity index is 5.21. The highest BCUT2D eigenvalue weighted by atomic mass is 31.2. The third-order valence-electron chi connectivity index (χ3n) is 20.6. The first-order valence-corrected chi connectivity index (χ1v) is 46.9. The lowest BCUT2D eigenvalue weighted by molar-refractivity contribution is -0.161. The third kappa shape index (κ3) is 75.5. The second kappa shape index (κ2) is 75.1. The number of aliphatic hydroxyl groups is 1. The summed E-state index contributed by atoms with van der Waals surface area (Å²) in [6.45, 7) is 12.0. The van der Waals surface area contributed by atoms with E-state index in [-0.39, 0.29) is 25.7 Å². The summed E-state index contributed by atoms with van der Waals surface area (Å²) in [6.07, 6.45) is 65.4. The molecule has 0 aliphatic heterocycles. The summed E-state index contributed by atoms with van der Waals surface area (Å²) in [6, 6.07) is 0. The number of phosphoric ester groups is 2. The molecule has 19 heteroatoms. The quantitative estimate of drug-likeness (QED) is 0.0222. The molecule has 0 aromatic heterocycles. The fourth-order valence-corrected chi connectivity index (χ4v) is 14.7. The van der Waals surface area contributed by atoms with E-state index in [1.807, 2.05) is 0 Å². The van der Waals surface area contributed by atoms with Gasteiger partial charge in [0.2, 0.25) is 0 Å². The molecule has 0 aliphatic rings. The van der Waals surface area contributed by atoms with Crippen LogP contribution in [-0.4, -0.2) is 96.7 Å². The van der Waals surface area contributed by atoms with Crippen molar-refractivity contribution in [3.05, 3.63) is 0 Å². The molecule has 0 amide bonds. The maximum atomic E-state index is 13.1. The van der Waals surface area contributed by atoms with Crippen LogP contribution in [0.4, 0.5) is 0 Å². The summed E-state index contributed by atoms with van der Waals surface area (Å²) in [7, 11) is -9.93. The molecule has 104 heavy (non-hydrogen) atoms. The van der Waals surface area contributed by atoms with Crippen molar-refractivity contribution in [2.24, 2.45) is 17.8 Å². The minimum absolute atomic E-state index is 0.105. The molecule has 0 spiro atoms. The maximum Gasteiger partial charge on any atom is 0.472 e. The number of carbonyl (C=O) groups excluding carboxylic acids is 4. The molecular weight excluding hydrogens is 1350 g/mol. The van der Waals surface area contributed by atoms with E-state index >= 15 is 0 Å². The first-order chi connectivity index (χ1) is 50.3. The van der Waals surface area contributed by atoms with Crippen LogP contribution >= 0.6 is 15.6 Å². The highest BCUT2D eigenvalue weighted by molar-refractivity contribution is 7.47. The third-order valence-corrected chi connectivity index (χ3v) is 22.5. The number of rotatable bonds is 83. The molecular formula is C85H166O17P2. The van der Waals surface area contributed by atoms with Crippen LogP contribution in [0.25, 0.3) is 0 Å². The van der Waals surface area contributed by atoms with Gasteiger partial charge in [0.15, 0.2) is 12.2 Å². The number of esters is 4. The fraction of sp³-hybridized carbons (Fsp3) is 0.953. The van der Waals surface area contributed by atoms with Gasteiger partial charge in [0.25, 0.3) is 0 Å². The Labute approximate surface area is 638 Å². The highest BCUT2D eigenvalue weighted by Crippen LogP contribution is 2.45. The highest BCUT2D eigenvalue weighted by Gasteiger charge is 2.30. The molecule has 0 bridgehead atoms. The Morgan fingerprint density at radius 2 is 0.490 bits per heavy atom. The van der Waals surface area contributed by atoms with Crippen LogP contribution in [0.1, 0.15) is 447 Å². The molecule has 0 aromatic rings. The van der Waals surface area contributed by atoms with E-state index < -0.39 is 97.5 Å². The predicted octanol–water partition coefficient (Wildman–Crippen LogP) is 25.7. The fourth-order valence-electron chi connectivity index (χ4n) is 13.1. The molecule has 618 valence electrons. The van der Waals surface area contributed by atoms with E-state index in [0.717, 1.165) is 108 Å². The number of ether oxygens (including phenoxy) is 4. The van der Waals surface area contributed by atoms with E-state index in [9.17, 15) is 43.2 Å². The van der Waals surface area contributed by atoms with E-state index in [4.69, 9.17) is 37.0 Å². The monoisotopic (exact) mass is 1520 g/mol. The molecule has 0 heterocycles. The average Bonchev–Trinajstić information content (AvgIpc) is 0.952. The second-order valence-electron chi connectivity index (χ2n) is 31.5. The van der Waals surface area contributed by atoms with Crippen molar-refractivity contribution in [1.29, 1.82) is 0 Å². The Kier molecular flexibility index (Phi) is 73.7. The van der Waals surface area contributed by atoms with Crippen molar-refractivity contribution in [2.75, 3.05) is 39.6 Å². The first-order valence-electron chi connectivity index (χ1n) is 43.9. The molecule has 0 rings (SSSR count). The van der Waals surface area contributed by atoms with Gasteiger partial charge < -0.3 is 33.8 Å². The molecule has 0 saturated heterocycles. The summed E-state index contributed by atoms with van der Waals surface area (Å²) >= 11 is 0. The molecule has 0 saturated carbocycles. The van der Waals surface area contributed by atoms with Crippen molar-refractivity contribution in [3.63, 3.8) is 0 Å². The standard InChI is InChI=1S/C85H166O17P2/c1-8-11-12-13-14-15-16-17-18-19-20-24-27-30-33-39-44-52-59-66-82(87)95-72-80(101-84(89)68-61-54-45-40-34-31-28-25-22-21-23-26-29-32-37-42-50-57-64-77(6)9-2)74-99-103(91,92)97-70-79(86)71-98-104(93,94)100-75-81(73-96-83(88)67-60-53-48-47-49-56-63-76(4)5)102-85(90)69-62-55-46-41-36-35-38-43-51-58-65-78(7)10-3/h76-81,86H,8-75H2,1-7H3,(H,91,92)(H,93,94)/t77?,78?,79-,80-,81-/m1/s1. The van der Waals surface area contributed by atoms with Crippen LogP contribution < -0.4 is 0 Å². The summed E-state index contributed by atoms with van der Waals surface area (Å²) in [4.78, 5) is 73.1. The SMILES string of the molecule is CCCCCCCCCCCCCCCCCCCCCC(=O)OC[C@H](COP(=O)(O)OC[C@@H](O)COP(=O)(O)OC[C@@H](COC(=O)CCCCCCCCC(C)C)OC(=O)CCCCCCCCCCCCC(C)CC)OC(=O)CCCCCCCCCCCCCCCCCCCCC(C)CC. The van der Waals surface area contributed by atoms with Gasteiger partial charge in [0.05, 0.1) is 26.4 Å². The number of unbranched alkanes of at least 4 members (excludes halogenated alkanes) is 49. The number of hydrogen-bond acceptors (Lipinski definition) is 15. The topological polar surface area (TPSA) is 237 Å². The molecule has 0 aromatic carbocycles. The number of carbonyl (C=O) groups is 4. The van der Waals surface area contributed by atoms with E-state index in [2.05, 4.69) is 48.5 Å². The van der Waals surface area contributed by atoms with Crippen LogP contribution in [0.5, 0.6) is 0 Å². The zero-order chi connectivity index (χ0) is 76.5. The molecule has 4 unspecified atom stereocenters. The lowest BCUT2D eigenvalue weighted by Crippen LogP contribution is -2.30. The summed E-state index contributed by atoms with van der Waals surface area (Å²) < 4.78 is 68.8. The lowest BCUT2D eigenvalue weighted by atomic mass is 9.99. The zero-order valence-electron chi connectivity index (χ0n) is 68.5. The lowest BCUT2D eigenvalue weighted by Gasteiger charge is -2.21. The van der Waals surface area contributed by atoms with E-state index in [0.29, 0.717) is 31.6 Å². The first kappa shape index (κ1) is 102. The van der Waals surface area contributed by atoms with Gasteiger partial charge in [0.1, 0.15) is 19.3 Å². The number of hydrogen-bond donors (Lipinski definition) is 3. The van der Waals surface area contributed by atoms with Crippen LogP contribution in [0, 0.1) is 17.8 Å². The Morgan fingerprint density at radius 3 is 0.731 bits per heavy atom. The van der Waals surface area contributed by atoms with Crippen molar-refractivity contribution in [2.45, 2.75) is 465 Å². The van der Waals surface area contributed by atoms with Crippen LogP contribution in [0.3, 0.4) is 0 Å². The van der Waals surface area contributed by atoms with Crippen molar-refractivity contribution >= 4 is 39.5 Å². The Morgan fingerprint density at radius 1 is 0.279 bits per heavy atom. The van der Waals surface area contributed by atoms with Gasteiger partial charge in [-0.1, -0.05) is 395 Å². The van der Waals surface area contributed by atoms with Crippen LogP contribution in [0.2, 0.25) is 0 Å². The molecule has 7 atom stereocenters. The minimum Gasteiger partial charge on any atom is -0.462 e. The van der Waals surface area contributed by atoms with Crippen LogP contribution in [0.15, 0.2) is 0 Å².